The van der Waals surface area contributed by atoms with E-state index in [0.717, 1.165) is 17.7 Å². The molecule has 3 aromatic carbocycles. The molecule has 0 saturated carbocycles. The zero-order chi connectivity index (χ0) is 21.4. The zero-order valence-electron chi connectivity index (χ0n) is 16.2. The van der Waals surface area contributed by atoms with Crippen LogP contribution in [0.1, 0.15) is 22.3 Å². The van der Waals surface area contributed by atoms with E-state index in [-0.39, 0.29) is 6.61 Å². The van der Waals surface area contributed by atoms with Gasteiger partial charge in [0.15, 0.2) is 11.5 Å². The van der Waals surface area contributed by atoms with Gasteiger partial charge in [0, 0.05) is 5.56 Å². The molecule has 0 bridgehead atoms. The standard InChI is InChI=1S/C23H20F3NO3/c1-28-21-11-10-18(13-22(21)29-15-17-6-3-2-4-7-17)14-27-30-16-19-8-5-9-20(12-19)23(24,25)26/h2-14H,15-16H2,1H3/b27-14-. The largest absolute Gasteiger partial charge is 0.493 e. The van der Waals surface area contributed by atoms with Crippen molar-refractivity contribution in [1.82, 2.24) is 0 Å². The molecule has 156 valence electrons. The molecule has 0 aliphatic heterocycles. The van der Waals surface area contributed by atoms with Crippen molar-refractivity contribution in [2.24, 2.45) is 5.16 Å². The van der Waals surface area contributed by atoms with Crippen LogP contribution in [0.15, 0.2) is 78.0 Å². The predicted molar refractivity (Wildman–Crippen MR) is 108 cm³/mol. The lowest BCUT2D eigenvalue weighted by Crippen LogP contribution is -2.05. The summed E-state index contributed by atoms with van der Waals surface area (Å²) in [6.45, 7) is 0.303. The molecular formula is C23H20F3NO3. The average molecular weight is 415 g/mol. The maximum Gasteiger partial charge on any atom is 0.416 e. The van der Waals surface area contributed by atoms with Crippen molar-refractivity contribution in [3.63, 3.8) is 0 Å². The molecule has 0 heterocycles. The second-order valence-electron chi connectivity index (χ2n) is 6.39. The van der Waals surface area contributed by atoms with E-state index < -0.39 is 11.7 Å². The number of rotatable bonds is 8. The van der Waals surface area contributed by atoms with E-state index in [9.17, 15) is 13.2 Å². The Kier molecular flexibility index (Phi) is 6.95. The lowest BCUT2D eigenvalue weighted by Gasteiger charge is -2.11. The van der Waals surface area contributed by atoms with E-state index in [1.165, 1.54) is 12.3 Å². The Morgan fingerprint density at radius 3 is 2.33 bits per heavy atom. The van der Waals surface area contributed by atoms with Crippen LogP contribution >= 0.6 is 0 Å². The molecule has 0 aliphatic rings. The Bertz CT molecular complexity index is 988. The molecule has 0 N–H and O–H groups in total. The van der Waals surface area contributed by atoms with Crippen molar-refractivity contribution >= 4 is 6.21 Å². The number of methoxy groups -OCH3 is 1. The Balaban J connectivity index is 1.61. The molecule has 3 rings (SSSR count). The first-order valence-electron chi connectivity index (χ1n) is 9.12. The van der Waals surface area contributed by atoms with Gasteiger partial charge in [0.25, 0.3) is 0 Å². The third-order valence-electron chi connectivity index (χ3n) is 4.19. The smallest absolute Gasteiger partial charge is 0.416 e. The summed E-state index contributed by atoms with van der Waals surface area (Å²) in [5.41, 5.74) is 1.37. The molecule has 30 heavy (non-hydrogen) atoms. The molecule has 0 amide bonds. The van der Waals surface area contributed by atoms with Gasteiger partial charge >= 0.3 is 6.18 Å². The maximum absolute atomic E-state index is 12.8. The molecule has 7 heteroatoms. The molecule has 4 nitrogen and oxygen atoms in total. The Morgan fingerprint density at radius 1 is 0.833 bits per heavy atom. The van der Waals surface area contributed by atoms with E-state index in [2.05, 4.69) is 5.16 Å². The van der Waals surface area contributed by atoms with Gasteiger partial charge in [-0.15, -0.1) is 0 Å². The molecule has 0 spiro atoms. The number of alkyl halides is 3. The lowest BCUT2D eigenvalue weighted by atomic mass is 10.1. The van der Waals surface area contributed by atoms with Crippen LogP contribution in [0.25, 0.3) is 0 Å². The van der Waals surface area contributed by atoms with Crippen LogP contribution in [0.2, 0.25) is 0 Å². The second-order valence-corrected chi connectivity index (χ2v) is 6.39. The number of hydrogen-bond donors (Lipinski definition) is 0. The van der Waals surface area contributed by atoms with Gasteiger partial charge in [0.05, 0.1) is 18.9 Å². The highest BCUT2D eigenvalue weighted by Crippen LogP contribution is 2.30. The SMILES string of the molecule is COc1ccc(/C=N\OCc2cccc(C(F)(F)F)c2)cc1OCc1ccccc1. The van der Waals surface area contributed by atoms with Crippen LogP contribution < -0.4 is 9.47 Å². The first-order valence-corrected chi connectivity index (χ1v) is 9.12. The fourth-order valence-electron chi connectivity index (χ4n) is 2.67. The minimum absolute atomic E-state index is 0.0755. The van der Waals surface area contributed by atoms with Gasteiger partial charge in [-0.25, -0.2) is 0 Å². The summed E-state index contributed by atoms with van der Waals surface area (Å²) in [7, 11) is 1.55. The van der Waals surface area contributed by atoms with E-state index in [1.807, 2.05) is 30.3 Å². The van der Waals surface area contributed by atoms with Crippen LogP contribution in [0.4, 0.5) is 13.2 Å². The topological polar surface area (TPSA) is 40.0 Å². The summed E-state index contributed by atoms with van der Waals surface area (Å²) in [6, 6.07) is 19.9. The summed E-state index contributed by atoms with van der Waals surface area (Å²) in [6.07, 6.45) is -2.93. The fraction of sp³-hybridized carbons (Fsp3) is 0.174. The quantitative estimate of drug-likeness (QED) is 0.343. The highest BCUT2D eigenvalue weighted by molar-refractivity contribution is 5.80. The zero-order valence-corrected chi connectivity index (χ0v) is 16.2. The van der Waals surface area contributed by atoms with Crippen molar-refractivity contribution in [2.45, 2.75) is 19.4 Å². The van der Waals surface area contributed by atoms with Crippen LogP contribution in [-0.4, -0.2) is 13.3 Å². The van der Waals surface area contributed by atoms with Crippen LogP contribution in [-0.2, 0) is 24.2 Å². The van der Waals surface area contributed by atoms with Gasteiger partial charge in [0.2, 0.25) is 0 Å². The molecule has 3 aromatic rings. The fourth-order valence-corrected chi connectivity index (χ4v) is 2.67. The Labute approximate surface area is 172 Å². The predicted octanol–water partition coefficient (Wildman–Crippen LogP) is 5.84. The Morgan fingerprint density at radius 2 is 1.60 bits per heavy atom. The van der Waals surface area contributed by atoms with E-state index in [4.69, 9.17) is 14.3 Å². The van der Waals surface area contributed by atoms with Crippen LogP contribution in [0, 0.1) is 0 Å². The minimum atomic E-state index is -4.39. The van der Waals surface area contributed by atoms with Crippen molar-refractivity contribution in [3.05, 3.63) is 95.1 Å². The van der Waals surface area contributed by atoms with Crippen molar-refractivity contribution in [3.8, 4) is 11.5 Å². The van der Waals surface area contributed by atoms with Gasteiger partial charge in [-0.05, 0) is 41.5 Å². The molecule has 0 radical (unpaired) electrons. The van der Waals surface area contributed by atoms with Crippen molar-refractivity contribution < 1.29 is 27.5 Å². The summed E-state index contributed by atoms with van der Waals surface area (Å²) in [5.74, 6) is 1.12. The van der Waals surface area contributed by atoms with Crippen molar-refractivity contribution in [1.29, 1.82) is 0 Å². The van der Waals surface area contributed by atoms with Gasteiger partial charge in [-0.2, -0.15) is 13.2 Å². The first-order chi connectivity index (χ1) is 14.5. The highest BCUT2D eigenvalue weighted by atomic mass is 19.4. The summed E-state index contributed by atoms with van der Waals surface area (Å²) >= 11 is 0. The lowest BCUT2D eigenvalue weighted by molar-refractivity contribution is -0.137. The first kappa shape index (κ1) is 21.2. The number of oxime groups is 1. The van der Waals surface area contributed by atoms with E-state index in [1.54, 1.807) is 31.4 Å². The van der Waals surface area contributed by atoms with Gasteiger partial charge < -0.3 is 14.3 Å². The van der Waals surface area contributed by atoms with Gasteiger partial charge in [0.1, 0.15) is 13.2 Å². The van der Waals surface area contributed by atoms with E-state index in [0.29, 0.717) is 29.2 Å². The monoisotopic (exact) mass is 415 g/mol. The number of nitrogens with zero attached hydrogens (tertiary/aromatic N) is 1. The number of ether oxygens (including phenoxy) is 2. The maximum atomic E-state index is 12.8. The van der Waals surface area contributed by atoms with Crippen LogP contribution in [0.5, 0.6) is 11.5 Å². The molecule has 0 atom stereocenters. The third-order valence-corrected chi connectivity index (χ3v) is 4.19. The summed E-state index contributed by atoms with van der Waals surface area (Å²) < 4.78 is 49.4. The summed E-state index contributed by atoms with van der Waals surface area (Å²) in [5, 5.41) is 3.84. The molecule has 0 aliphatic carbocycles. The number of halogens is 3. The van der Waals surface area contributed by atoms with Crippen molar-refractivity contribution in [2.75, 3.05) is 7.11 Å². The second kappa shape index (κ2) is 9.82. The minimum Gasteiger partial charge on any atom is -0.493 e. The molecule has 0 aromatic heterocycles. The number of hydrogen-bond acceptors (Lipinski definition) is 4. The normalized spacial score (nSPS) is 11.5. The molecular weight excluding hydrogens is 395 g/mol. The summed E-state index contributed by atoms with van der Waals surface area (Å²) in [4.78, 5) is 5.15. The third kappa shape index (κ3) is 6.01. The highest BCUT2D eigenvalue weighted by Gasteiger charge is 2.30. The Hall–Kier alpha value is -3.48. The van der Waals surface area contributed by atoms with Crippen LogP contribution in [0.3, 0.4) is 0 Å². The molecule has 0 unspecified atom stereocenters. The van der Waals surface area contributed by atoms with Gasteiger partial charge in [-0.3, -0.25) is 0 Å². The molecule has 0 fully saturated rings. The average Bonchev–Trinajstić information content (AvgIpc) is 2.76. The van der Waals surface area contributed by atoms with E-state index >= 15 is 0 Å². The number of benzene rings is 3. The molecule has 0 saturated heterocycles. The van der Waals surface area contributed by atoms with Gasteiger partial charge in [-0.1, -0.05) is 47.6 Å².